The summed E-state index contributed by atoms with van der Waals surface area (Å²) in [5.41, 5.74) is 1.98. The average Bonchev–Trinajstić information content (AvgIpc) is 2.75. The number of amides is 2. The molecule has 0 unspecified atom stereocenters. The van der Waals surface area contributed by atoms with Crippen molar-refractivity contribution in [3.63, 3.8) is 0 Å². The lowest BCUT2D eigenvalue weighted by Gasteiger charge is -2.38. The Balaban J connectivity index is 1.41. The first kappa shape index (κ1) is 22.3. The predicted molar refractivity (Wildman–Crippen MR) is 121 cm³/mol. The van der Waals surface area contributed by atoms with Crippen LogP contribution in [-0.2, 0) is 9.59 Å². The number of carbonyl (C=O) groups excluding carboxylic acids is 2. The summed E-state index contributed by atoms with van der Waals surface area (Å²) in [7, 11) is 1.78. The number of benzene rings is 2. The maximum absolute atomic E-state index is 12.7. The molecule has 0 bridgehead atoms. The number of likely N-dealkylation sites (N-methyl/N-ethyl adjacent to an activating group) is 1. The number of hydrogen-bond donors (Lipinski definition) is 1. The van der Waals surface area contributed by atoms with E-state index < -0.39 is 0 Å². The normalized spacial score (nSPS) is 15.8. The summed E-state index contributed by atoms with van der Waals surface area (Å²) in [4.78, 5) is 30.9. The number of nitrogens with zero attached hydrogens (tertiary/aromatic N) is 3. The first-order valence-corrected chi connectivity index (χ1v) is 10.6. The SMILES string of the molecule is C[C@@H](c1ccccc1)N1CCN(C(=O)CN(C)CC(=O)Nc2ccc(Cl)cc2)CC1. The van der Waals surface area contributed by atoms with Gasteiger partial charge in [0.1, 0.15) is 0 Å². The maximum Gasteiger partial charge on any atom is 0.238 e. The molecule has 1 aliphatic heterocycles. The molecule has 1 N–H and O–H groups in total. The molecule has 2 aromatic rings. The molecule has 1 fully saturated rings. The summed E-state index contributed by atoms with van der Waals surface area (Å²) in [5, 5.41) is 3.44. The Morgan fingerprint density at radius 1 is 1.00 bits per heavy atom. The van der Waals surface area contributed by atoms with E-state index >= 15 is 0 Å². The minimum absolute atomic E-state index is 0.0591. The van der Waals surface area contributed by atoms with Crippen molar-refractivity contribution in [3.05, 3.63) is 65.2 Å². The molecule has 1 atom stereocenters. The van der Waals surface area contributed by atoms with Crippen LogP contribution in [0, 0.1) is 0 Å². The molecule has 6 nitrogen and oxygen atoms in total. The van der Waals surface area contributed by atoms with Gasteiger partial charge in [0.25, 0.3) is 0 Å². The van der Waals surface area contributed by atoms with Crippen molar-refractivity contribution in [3.8, 4) is 0 Å². The summed E-state index contributed by atoms with van der Waals surface area (Å²) in [6, 6.07) is 17.7. The van der Waals surface area contributed by atoms with Crippen LogP contribution in [0.25, 0.3) is 0 Å². The van der Waals surface area contributed by atoms with Crippen LogP contribution >= 0.6 is 11.6 Å². The van der Waals surface area contributed by atoms with Gasteiger partial charge in [-0.1, -0.05) is 41.9 Å². The number of carbonyl (C=O) groups is 2. The van der Waals surface area contributed by atoms with Gasteiger partial charge in [-0.15, -0.1) is 0 Å². The second-order valence-electron chi connectivity index (χ2n) is 7.73. The summed E-state index contributed by atoms with van der Waals surface area (Å²) in [6.07, 6.45) is 0. The molecular weight excluding hydrogens is 400 g/mol. The topological polar surface area (TPSA) is 55.9 Å². The van der Waals surface area contributed by atoms with Crippen LogP contribution in [0.1, 0.15) is 18.5 Å². The third kappa shape index (κ3) is 6.29. The Labute approximate surface area is 183 Å². The fourth-order valence-electron chi connectivity index (χ4n) is 3.67. The molecular formula is C23H29ClN4O2. The molecule has 1 aliphatic rings. The van der Waals surface area contributed by atoms with E-state index in [0.29, 0.717) is 29.8 Å². The van der Waals surface area contributed by atoms with Gasteiger partial charge in [-0.3, -0.25) is 19.4 Å². The highest BCUT2D eigenvalue weighted by Gasteiger charge is 2.25. The molecule has 2 aromatic carbocycles. The molecule has 3 rings (SSSR count). The molecule has 0 spiro atoms. The third-order valence-electron chi connectivity index (χ3n) is 5.44. The number of nitrogens with one attached hydrogen (secondary N) is 1. The van der Waals surface area contributed by atoms with Crippen LogP contribution in [0.3, 0.4) is 0 Å². The summed E-state index contributed by atoms with van der Waals surface area (Å²) >= 11 is 5.85. The molecule has 0 aliphatic carbocycles. The van der Waals surface area contributed by atoms with E-state index in [1.165, 1.54) is 5.56 Å². The lowest BCUT2D eigenvalue weighted by atomic mass is 10.1. The zero-order chi connectivity index (χ0) is 21.5. The minimum Gasteiger partial charge on any atom is -0.339 e. The standard InChI is InChI=1S/C23H29ClN4O2/c1-18(19-6-4-3-5-7-19)27-12-14-28(15-13-27)23(30)17-26(2)16-22(29)25-21-10-8-20(24)9-11-21/h3-11,18H,12-17H2,1-2H3,(H,25,29)/t18-/m0/s1. The van der Waals surface area contributed by atoms with E-state index in [1.54, 1.807) is 36.2 Å². The van der Waals surface area contributed by atoms with Gasteiger partial charge in [0.05, 0.1) is 13.1 Å². The lowest BCUT2D eigenvalue weighted by molar-refractivity contribution is -0.134. The smallest absolute Gasteiger partial charge is 0.238 e. The molecule has 160 valence electrons. The number of anilines is 1. The molecule has 1 saturated heterocycles. The Kier molecular flexibility index (Phi) is 7.85. The van der Waals surface area contributed by atoms with Gasteiger partial charge in [0, 0.05) is 42.9 Å². The molecule has 0 radical (unpaired) electrons. The van der Waals surface area contributed by atoms with Crippen molar-refractivity contribution >= 4 is 29.1 Å². The molecule has 1 heterocycles. The second-order valence-corrected chi connectivity index (χ2v) is 8.17. The zero-order valence-corrected chi connectivity index (χ0v) is 18.3. The average molecular weight is 429 g/mol. The largest absolute Gasteiger partial charge is 0.339 e. The summed E-state index contributed by atoms with van der Waals surface area (Å²) in [6.45, 7) is 5.70. The monoisotopic (exact) mass is 428 g/mol. The van der Waals surface area contributed by atoms with E-state index in [9.17, 15) is 9.59 Å². The van der Waals surface area contributed by atoms with Gasteiger partial charge in [-0.25, -0.2) is 0 Å². The predicted octanol–water partition coefficient (Wildman–Crippen LogP) is 3.12. The van der Waals surface area contributed by atoms with E-state index in [2.05, 4.69) is 41.4 Å². The summed E-state index contributed by atoms with van der Waals surface area (Å²) < 4.78 is 0. The van der Waals surface area contributed by atoms with Gasteiger partial charge in [0.2, 0.25) is 11.8 Å². The van der Waals surface area contributed by atoms with Crippen LogP contribution < -0.4 is 5.32 Å². The van der Waals surface area contributed by atoms with Gasteiger partial charge in [0.15, 0.2) is 0 Å². The van der Waals surface area contributed by atoms with Crippen molar-refractivity contribution in [1.82, 2.24) is 14.7 Å². The third-order valence-corrected chi connectivity index (χ3v) is 5.70. The van der Waals surface area contributed by atoms with E-state index in [0.717, 1.165) is 13.1 Å². The Bertz CT molecular complexity index is 836. The number of piperazine rings is 1. The van der Waals surface area contributed by atoms with Crippen LogP contribution in [0.5, 0.6) is 0 Å². The second kappa shape index (κ2) is 10.6. The highest BCUT2D eigenvalue weighted by molar-refractivity contribution is 6.30. The van der Waals surface area contributed by atoms with Gasteiger partial charge in [-0.2, -0.15) is 0 Å². The van der Waals surface area contributed by atoms with Crippen molar-refractivity contribution in [2.75, 3.05) is 51.6 Å². The maximum atomic E-state index is 12.7. The van der Waals surface area contributed by atoms with Crippen molar-refractivity contribution in [2.45, 2.75) is 13.0 Å². The van der Waals surface area contributed by atoms with Crippen LogP contribution in [0.4, 0.5) is 5.69 Å². The molecule has 2 amide bonds. The lowest BCUT2D eigenvalue weighted by Crippen LogP contribution is -2.51. The molecule has 30 heavy (non-hydrogen) atoms. The van der Waals surface area contributed by atoms with Gasteiger partial charge in [-0.05, 0) is 43.8 Å². The minimum atomic E-state index is -0.158. The van der Waals surface area contributed by atoms with E-state index in [-0.39, 0.29) is 24.9 Å². The highest BCUT2D eigenvalue weighted by Crippen LogP contribution is 2.21. The van der Waals surface area contributed by atoms with Gasteiger partial charge >= 0.3 is 0 Å². The Morgan fingerprint density at radius 2 is 1.63 bits per heavy atom. The van der Waals surface area contributed by atoms with Gasteiger partial charge < -0.3 is 10.2 Å². The first-order chi connectivity index (χ1) is 14.4. The summed E-state index contributed by atoms with van der Waals surface area (Å²) in [5.74, 6) is -0.0991. The number of hydrogen-bond acceptors (Lipinski definition) is 4. The Morgan fingerprint density at radius 3 is 2.27 bits per heavy atom. The van der Waals surface area contributed by atoms with Crippen molar-refractivity contribution in [2.24, 2.45) is 0 Å². The molecule has 0 aromatic heterocycles. The fourth-order valence-corrected chi connectivity index (χ4v) is 3.79. The van der Waals surface area contributed by atoms with E-state index in [4.69, 9.17) is 11.6 Å². The zero-order valence-electron chi connectivity index (χ0n) is 17.6. The Hall–Kier alpha value is -2.41. The van der Waals surface area contributed by atoms with Crippen LogP contribution in [0.2, 0.25) is 5.02 Å². The van der Waals surface area contributed by atoms with Crippen LogP contribution in [-0.4, -0.2) is 72.8 Å². The fraction of sp³-hybridized carbons (Fsp3) is 0.391. The first-order valence-electron chi connectivity index (χ1n) is 10.2. The van der Waals surface area contributed by atoms with Crippen LogP contribution in [0.15, 0.2) is 54.6 Å². The van der Waals surface area contributed by atoms with Crippen molar-refractivity contribution in [1.29, 1.82) is 0 Å². The van der Waals surface area contributed by atoms with Crippen molar-refractivity contribution < 1.29 is 9.59 Å². The number of halogens is 1. The highest BCUT2D eigenvalue weighted by atomic mass is 35.5. The number of rotatable bonds is 7. The molecule has 7 heteroatoms. The molecule has 0 saturated carbocycles. The van der Waals surface area contributed by atoms with E-state index in [1.807, 2.05) is 11.0 Å². The quantitative estimate of drug-likeness (QED) is 0.736.